The van der Waals surface area contributed by atoms with E-state index in [-0.39, 0.29) is 39.9 Å². The van der Waals surface area contributed by atoms with Crippen LogP contribution in [-0.2, 0) is 19.1 Å². The van der Waals surface area contributed by atoms with E-state index in [0.29, 0.717) is 0 Å². The van der Waals surface area contributed by atoms with Crippen LogP contribution in [0.1, 0.15) is 42.8 Å². The highest BCUT2D eigenvalue weighted by molar-refractivity contribution is 6.07. The molecule has 0 aliphatic carbocycles. The van der Waals surface area contributed by atoms with Gasteiger partial charge in [-0.2, -0.15) is 0 Å². The molecule has 2 aromatic rings. The van der Waals surface area contributed by atoms with Crippen LogP contribution in [0.25, 0.3) is 0 Å². The molecular weight excluding hydrogens is 412 g/mol. The van der Waals surface area contributed by atoms with Crippen LogP contribution in [-0.4, -0.2) is 40.0 Å². The van der Waals surface area contributed by atoms with E-state index in [0.717, 1.165) is 32.9 Å². The number of carbonyl (C=O) groups excluding carboxylic acids is 4. The largest absolute Gasteiger partial charge is 0.508 e. The molecule has 0 amide bonds. The number of carbonyl (C=O) groups is 4. The maximum absolute atomic E-state index is 13.2. The number of esters is 3. The van der Waals surface area contributed by atoms with E-state index >= 15 is 0 Å². The van der Waals surface area contributed by atoms with Gasteiger partial charge in [0.1, 0.15) is 22.8 Å². The fraction of sp³-hybridized carbons (Fsp3) is 0.238. The summed E-state index contributed by atoms with van der Waals surface area (Å²) >= 11 is 0. The zero-order chi connectivity index (χ0) is 22.9. The number of hydrogen-bond donors (Lipinski definition) is 2. The zero-order valence-corrected chi connectivity index (χ0v) is 16.7. The van der Waals surface area contributed by atoms with Gasteiger partial charge < -0.3 is 29.2 Å². The van der Waals surface area contributed by atoms with Crippen molar-refractivity contribution in [1.29, 1.82) is 0 Å². The predicted octanol–water partition coefficient (Wildman–Crippen LogP) is 2.20. The Hall–Kier alpha value is -4.08. The van der Waals surface area contributed by atoms with E-state index in [4.69, 9.17) is 18.9 Å². The van der Waals surface area contributed by atoms with E-state index in [2.05, 4.69) is 0 Å². The monoisotopic (exact) mass is 430 g/mol. The van der Waals surface area contributed by atoms with Crippen LogP contribution in [0.15, 0.2) is 30.3 Å². The highest BCUT2D eigenvalue weighted by atomic mass is 16.6. The van der Waals surface area contributed by atoms with Gasteiger partial charge in [0.05, 0.1) is 0 Å². The summed E-state index contributed by atoms with van der Waals surface area (Å²) in [6, 6.07) is 6.06. The van der Waals surface area contributed by atoms with Gasteiger partial charge in [-0.1, -0.05) is 6.07 Å². The first kappa shape index (κ1) is 21.6. The molecule has 2 atom stereocenters. The minimum atomic E-state index is -1.49. The van der Waals surface area contributed by atoms with Crippen molar-refractivity contribution in [2.75, 3.05) is 0 Å². The highest BCUT2D eigenvalue weighted by Crippen LogP contribution is 2.44. The van der Waals surface area contributed by atoms with Crippen LogP contribution in [0.2, 0.25) is 0 Å². The molecule has 162 valence electrons. The number of aromatic hydroxyl groups is 2. The second-order valence-electron chi connectivity index (χ2n) is 6.66. The molecule has 1 heterocycles. The Balaban J connectivity index is 2.13. The fourth-order valence-corrected chi connectivity index (χ4v) is 3.11. The van der Waals surface area contributed by atoms with E-state index in [1.54, 1.807) is 0 Å². The molecule has 0 aromatic heterocycles. The molecule has 10 nitrogen and oxygen atoms in total. The van der Waals surface area contributed by atoms with Gasteiger partial charge in [0.2, 0.25) is 11.9 Å². The average molecular weight is 430 g/mol. The van der Waals surface area contributed by atoms with Gasteiger partial charge in [-0.15, -0.1) is 0 Å². The minimum absolute atomic E-state index is 0.114. The third-order valence-corrected chi connectivity index (χ3v) is 4.20. The molecule has 2 aromatic carbocycles. The standard InChI is InChI=1S/C21H18O10/c1-9(22)28-15-6-12(4-5-14(15)26)20-21(30-11(3)24)19(27)18-16(29-10(2)23)7-13(25)8-17(18)31-20/h4-8,20-21,25-26H,1-3H3/t20-,21+/m1/s1. The third-order valence-electron chi connectivity index (χ3n) is 4.20. The summed E-state index contributed by atoms with van der Waals surface area (Å²) in [4.78, 5) is 47.6. The molecule has 0 saturated heterocycles. The molecule has 1 aliphatic heterocycles. The third kappa shape index (κ3) is 4.58. The van der Waals surface area contributed by atoms with Crippen molar-refractivity contribution in [2.24, 2.45) is 0 Å². The Morgan fingerprint density at radius 3 is 2.16 bits per heavy atom. The van der Waals surface area contributed by atoms with Gasteiger partial charge in [-0.05, 0) is 12.1 Å². The number of rotatable bonds is 4. The molecular formula is C21H18O10. The van der Waals surface area contributed by atoms with Crippen molar-refractivity contribution in [3.05, 3.63) is 41.5 Å². The Bertz CT molecular complexity index is 1090. The van der Waals surface area contributed by atoms with Gasteiger partial charge in [-0.3, -0.25) is 19.2 Å². The molecule has 3 rings (SSSR count). The number of ketones is 1. The fourth-order valence-electron chi connectivity index (χ4n) is 3.11. The van der Waals surface area contributed by atoms with Crippen LogP contribution in [0, 0.1) is 0 Å². The van der Waals surface area contributed by atoms with Crippen LogP contribution in [0.3, 0.4) is 0 Å². The lowest BCUT2D eigenvalue weighted by molar-refractivity contribution is -0.149. The van der Waals surface area contributed by atoms with Crippen molar-refractivity contribution >= 4 is 23.7 Å². The summed E-state index contributed by atoms with van der Waals surface area (Å²) in [6.07, 6.45) is -2.70. The lowest BCUT2D eigenvalue weighted by atomic mass is 9.92. The summed E-state index contributed by atoms with van der Waals surface area (Å²) in [5, 5.41) is 19.9. The van der Waals surface area contributed by atoms with Gasteiger partial charge >= 0.3 is 17.9 Å². The van der Waals surface area contributed by atoms with Crippen molar-refractivity contribution in [3.63, 3.8) is 0 Å². The summed E-state index contributed by atoms with van der Waals surface area (Å²) in [6.45, 7) is 3.36. The van der Waals surface area contributed by atoms with E-state index in [1.165, 1.54) is 18.2 Å². The summed E-state index contributed by atoms with van der Waals surface area (Å²) in [7, 11) is 0. The number of phenols is 2. The second kappa shape index (κ2) is 8.34. The molecule has 10 heteroatoms. The van der Waals surface area contributed by atoms with E-state index in [1.807, 2.05) is 0 Å². The van der Waals surface area contributed by atoms with Crippen LogP contribution < -0.4 is 14.2 Å². The number of fused-ring (bicyclic) bond motifs is 1. The molecule has 0 bridgehead atoms. The summed E-state index contributed by atoms with van der Waals surface area (Å²) in [5.74, 6) is -4.17. The Labute approximate surface area is 175 Å². The SMILES string of the molecule is CC(=O)Oc1cc([C@H]2Oc3cc(O)cc(OC(C)=O)c3C(=O)[C@@H]2OC(C)=O)ccc1O. The first-order chi connectivity index (χ1) is 14.6. The van der Waals surface area contributed by atoms with Crippen LogP contribution in [0.5, 0.6) is 28.7 Å². The van der Waals surface area contributed by atoms with E-state index in [9.17, 15) is 29.4 Å². The highest BCUT2D eigenvalue weighted by Gasteiger charge is 2.43. The molecule has 0 fully saturated rings. The molecule has 31 heavy (non-hydrogen) atoms. The van der Waals surface area contributed by atoms with Gasteiger partial charge in [0.25, 0.3) is 0 Å². The van der Waals surface area contributed by atoms with E-state index < -0.39 is 35.9 Å². The predicted molar refractivity (Wildman–Crippen MR) is 102 cm³/mol. The molecule has 2 N–H and O–H groups in total. The Kier molecular flexibility index (Phi) is 5.82. The van der Waals surface area contributed by atoms with Gasteiger partial charge in [-0.25, -0.2) is 0 Å². The lowest BCUT2D eigenvalue weighted by Crippen LogP contribution is -2.40. The number of ether oxygens (including phenoxy) is 4. The lowest BCUT2D eigenvalue weighted by Gasteiger charge is -2.33. The normalized spacial score (nSPS) is 17.2. The first-order valence-corrected chi connectivity index (χ1v) is 9.01. The molecule has 0 radical (unpaired) electrons. The Morgan fingerprint density at radius 2 is 1.55 bits per heavy atom. The van der Waals surface area contributed by atoms with Crippen molar-refractivity contribution < 1.29 is 48.3 Å². The summed E-state index contributed by atoms with van der Waals surface area (Å²) < 4.78 is 21.0. The Morgan fingerprint density at radius 1 is 0.903 bits per heavy atom. The second-order valence-corrected chi connectivity index (χ2v) is 6.66. The van der Waals surface area contributed by atoms with Crippen LogP contribution >= 0.6 is 0 Å². The maximum atomic E-state index is 13.2. The molecule has 0 spiro atoms. The average Bonchev–Trinajstić information content (AvgIpc) is 2.64. The minimum Gasteiger partial charge on any atom is -0.508 e. The summed E-state index contributed by atoms with van der Waals surface area (Å²) in [5.41, 5.74) is 0.0474. The number of benzene rings is 2. The molecule has 0 unspecified atom stereocenters. The number of Topliss-reactive ketones (excluding diaryl/α,β-unsaturated/α-hetero) is 1. The van der Waals surface area contributed by atoms with Gasteiger partial charge in [0, 0.05) is 38.5 Å². The maximum Gasteiger partial charge on any atom is 0.308 e. The topological polar surface area (TPSA) is 146 Å². The number of hydrogen-bond acceptors (Lipinski definition) is 10. The van der Waals surface area contributed by atoms with Crippen molar-refractivity contribution in [2.45, 2.75) is 33.0 Å². The first-order valence-electron chi connectivity index (χ1n) is 9.01. The van der Waals surface area contributed by atoms with Gasteiger partial charge in [0.15, 0.2) is 17.6 Å². The zero-order valence-electron chi connectivity index (χ0n) is 16.7. The quantitative estimate of drug-likeness (QED) is 0.547. The number of phenolic OH excluding ortho intramolecular Hbond substituents is 2. The smallest absolute Gasteiger partial charge is 0.308 e. The van der Waals surface area contributed by atoms with Crippen LogP contribution in [0.4, 0.5) is 0 Å². The van der Waals surface area contributed by atoms with Crippen molar-refractivity contribution in [1.82, 2.24) is 0 Å². The molecule has 0 saturated carbocycles. The molecule has 1 aliphatic rings. The van der Waals surface area contributed by atoms with Crippen molar-refractivity contribution in [3.8, 4) is 28.7 Å².